The first-order chi connectivity index (χ1) is 11.5. The van der Waals surface area contributed by atoms with Crippen LogP contribution in [-0.2, 0) is 9.53 Å². The van der Waals surface area contributed by atoms with E-state index in [9.17, 15) is 9.59 Å². The van der Waals surface area contributed by atoms with Crippen molar-refractivity contribution in [1.29, 1.82) is 0 Å². The van der Waals surface area contributed by atoms with Crippen LogP contribution in [0, 0.1) is 0 Å². The van der Waals surface area contributed by atoms with Crippen LogP contribution in [0.5, 0.6) is 0 Å². The number of amides is 2. The molecule has 2 N–H and O–H groups in total. The molecule has 0 fully saturated rings. The van der Waals surface area contributed by atoms with Crippen molar-refractivity contribution in [3.8, 4) is 0 Å². The number of para-hydroxylation sites is 1. The summed E-state index contributed by atoms with van der Waals surface area (Å²) in [7, 11) is 0. The Hall–Kier alpha value is -2.37. The molecule has 126 valence electrons. The molecule has 0 saturated heterocycles. The van der Waals surface area contributed by atoms with Gasteiger partial charge in [-0.15, -0.1) is 0 Å². The highest BCUT2D eigenvalue weighted by molar-refractivity contribution is 6.34. The summed E-state index contributed by atoms with van der Waals surface area (Å²) in [6.07, 6.45) is -0.577. The van der Waals surface area contributed by atoms with Crippen molar-refractivity contribution in [3.63, 3.8) is 0 Å². The Kier molecular flexibility index (Phi) is 6.35. The molecular formula is C18H19ClN2O3. The monoisotopic (exact) mass is 346 g/mol. The zero-order chi connectivity index (χ0) is 17.5. The summed E-state index contributed by atoms with van der Waals surface area (Å²) < 4.78 is 5.24. The summed E-state index contributed by atoms with van der Waals surface area (Å²) in [4.78, 5) is 24.4. The van der Waals surface area contributed by atoms with Crippen molar-refractivity contribution < 1.29 is 14.3 Å². The van der Waals surface area contributed by atoms with Crippen LogP contribution in [0.2, 0.25) is 5.02 Å². The van der Waals surface area contributed by atoms with Gasteiger partial charge in [0, 0.05) is 18.0 Å². The maximum Gasteiger partial charge on any atom is 0.257 e. The number of benzene rings is 2. The third kappa shape index (κ3) is 4.81. The molecule has 0 unspecified atom stereocenters. The average Bonchev–Trinajstić information content (AvgIpc) is 2.57. The minimum atomic E-state index is -0.577. The van der Waals surface area contributed by atoms with Gasteiger partial charge in [0.05, 0.1) is 10.6 Å². The predicted octanol–water partition coefficient (Wildman–Crippen LogP) is 3.96. The molecule has 0 aliphatic rings. The number of rotatable bonds is 6. The first-order valence-electron chi connectivity index (χ1n) is 7.59. The Balaban J connectivity index is 2.13. The molecule has 5 nitrogen and oxygen atoms in total. The van der Waals surface area contributed by atoms with Gasteiger partial charge in [-0.05, 0) is 44.2 Å². The predicted molar refractivity (Wildman–Crippen MR) is 95.6 cm³/mol. The van der Waals surface area contributed by atoms with Gasteiger partial charge in [-0.2, -0.15) is 0 Å². The number of carbonyl (C=O) groups is 2. The van der Waals surface area contributed by atoms with Gasteiger partial charge in [0.15, 0.2) is 0 Å². The summed E-state index contributed by atoms with van der Waals surface area (Å²) in [5, 5.41) is 5.78. The lowest BCUT2D eigenvalue weighted by atomic mass is 10.1. The number of anilines is 2. The van der Waals surface area contributed by atoms with E-state index in [1.165, 1.54) is 6.07 Å². The number of halogens is 1. The molecule has 2 aromatic carbocycles. The molecule has 0 heterocycles. The van der Waals surface area contributed by atoms with E-state index in [1.807, 2.05) is 25.1 Å². The molecule has 0 saturated carbocycles. The highest BCUT2D eigenvalue weighted by Gasteiger charge is 2.15. The second kappa shape index (κ2) is 8.47. The number of nitrogens with one attached hydrogen (secondary N) is 2. The van der Waals surface area contributed by atoms with Crippen molar-refractivity contribution in [2.24, 2.45) is 0 Å². The molecule has 0 aromatic heterocycles. The highest BCUT2D eigenvalue weighted by atomic mass is 35.5. The molecular weight excluding hydrogens is 328 g/mol. The van der Waals surface area contributed by atoms with E-state index in [0.29, 0.717) is 23.0 Å². The highest BCUT2D eigenvalue weighted by Crippen LogP contribution is 2.22. The third-order valence-corrected chi connectivity index (χ3v) is 3.63. The summed E-state index contributed by atoms with van der Waals surface area (Å²) in [5.41, 5.74) is 1.43. The average molecular weight is 347 g/mol. The van der Waals surface area contributed by atoms with Crippen LogP contribution >= 0.6 is 11.6 Å². The Morgan fingerprint density at radius 2 is 1.79 bits per heavy atom. The summed E-state index contributed by atoms with van der Waals surface area (Å²) in [5.74, 6) is -0.631. The van der Waals surface area contributed by atoms with Crippen molar-refractivity contribution in [1.82, 2.24) is 0 Å². The number of hydrogen-bond acceptors (Lipinski definition) is 3. The molecule has 2 aromatic rings. The first-order valence-corrected chi connectivity index (χ1v) is 7.97. The maximum absolute atomic E-state index is 12.4. The van der Waals surface area contributed by atoms with Gasteiger partial charge < -0.3 is 15.4 Å². The molecule has 6 heteroatoms. The van der Waals surface area contributed by atoms with Gasteiger partial charge in [-0.1, -0.05) is 29.8 Å². The van der Waals surface area contributed by atoms with Gasteiger partial charge in [0.2, 0.25) is 0 Å². The summed E-state index contributed by atoms with van der Waals surface area (Å²) in [6, 6.07) is 13.8. The molecule has 0 aliphatic heterocycles. The van der Waals surface area contributed by atoms with Crippen LogP contribution in [0.3, 0.4) is 0 Å². The topological polar surface area (TPSA) is 67.4 Å². The fraction of sp³-hybridized carbons (Fsp3) is 0.222. The number of carbonyl (C=O) groups excluding carboxylic acids is 2. The molecule has 0 bridgehead atoms. The minimum Gasteiger partial charge on any atom is -0.369 e. The largest absolute Gasteiger partial charge is 0.369 e. The lowest BCUT2D eigenvalue weighted by Gasteiger charge is -2.13. The smallest absolute Gasteiger partial charge is 0.257 e. The quantitative estimate of drug-likeness (QED) is 0.832. The van der Waals surface area contributed by atoms with Gasteiger partial charge in [0.1, 0.15) is 6.10 Å². The van der Waals surface area contributed by atoms with E-state index in [4.69, 9.17) is 16.3 Å². The summed E-state index contributed by atoms with van der Waals surface area (Å²) >= 11 is 6.11. The lowest BCUT2D eigenvalue weighted by molar-refractivity contribution is -0.126. The molecule has 0 aliphatic carbocycles. The third-order valence-electron chi connectivity index (χ3n) is 3.30. The van der Waals surface area contributed by atoms with Crippen LogP contribution in [0.1, 0.15) is 24.2 Å². The maximum atomic E-state index is 12.4. The van der Waals surface area contributed by atoms with Crippen molar-refractivity contribution in [2.75, 3.05) is 17.2 Å². The SMILES string of the molecule is CCO[C@@H](C)C(=O)Nc1ccc(Cl)c(C(=O)Nc2ccccc2)c1. The Labute approximate surface area is 146 Å². The zero-order valence-electron chi connectivity index (χ0n) is 13.5. The van der Waals surface area contributed by atoms with Gasteiger partial charge >= 0.3 is 0 Å². The molecule has 0 spiro atoms. The standard InChI is InChI=1S/C18H19ClN2O3/c1-3-24-12(2)17(22)21-14-9-10-16(19)15(11-14)18(23)20-13-7-5-4-6-8-13/h4-12H,3H2,1-2H3,(H,20,23)(H,21,22)/t12-/m0/s1. The van der Waals surface area contributed by atoms with Crippen molar-refractivity contribution in [3.05, 3.63) is 59.1 Å². The fourth-order valence-corrected chi connectivity index (χ4v) is 2.27. The van der Waals surface area contributed by atoms with Gasteiger partial charge in [0.25, 0.3) is 11.8 Å². The van der Waals surface area contributed by atoms with Crippen molar-refractivity contribution >= 4 is 34.8 Å². The number of ether oxygens (including phenoxy) is 1. The molecule has 2 rings (SSSR count). The van der Waals surface area contributed by atoms with Crippen LogP contribution in [0.25, 0.3) is 0 Å². The van der Waals surface area contributed by atoms with Crippen molar-refractivity contribution in [2.45, 2.75) is 20.0 Å². The van der Waals surface area contributed by atoms with E-state index >= 15 is 0 Å². The number of hydrogen-bond donors (Lipinski definition) is 2. The van der Waals surface area contributed by atoms with Crippen LogP contribution in [-0.4, -0.2) is 24.5 Å². The van der Waals surface area contributed by atoms with Crippen LogP contribution < -0.4 is 10.6 Å². The second-order valence-electron chi connectivity index (χ2n) is 5.10. The lowest BCUT2D eigenvalue weighted by Crippen LogP contribution is -2.27. The molecule has 0 radical (unpaired) electrons. The van der Waals surface area contributed by atoms with Crippen LogP contribution in [0.15, 0.2) is 48.5 Å². The van der Waals surface area contributed by atoms with Gasteiger partial charge in [-0.3, -0.25) is 9.59 Å². The Morgan fingerprint density at radius 3 is 2.46 bits per heavy atom. The van der Waals surface area contributed by atoms with E-state index in [1.54, 1.807) is 31.2 Å². The molecule has 2 amide bonds. The second-order valence-corrected chi connectivity index (χ2v) is 5.51. The van der Waals surface area contributed by atoms with Crippen LogP contribution in [0.4, 0.5) is 11.4 Å². The normalized spacial score (nSPS) is 11.6. The Bertz CT molecular complexity index is 719. The zero-order valence-corrected chi connectivity index (χ0v) is 14.3. The molecule has 24 heavy (non-hydrogen) atoms. The van der Waals surface area contributed by atoms with Gasteiger partial charge in [-0.25, -0.2) is 0 Å². The summed E-state index contributed by atoms with van der Waals surface area (Å²) in [6.45, 7) is 3.93. The Morgan fingerprint density at radius 1 is 1.08 bits per heavy atom. The first kappa shape index (κ1) is 18.0. The van der Waals surface area contributed by atoms with E-state index in [2.05, 4.69) is 10.6 Å². The molecule has 1 atom stereocenters. The van der Waals surface area contributed by atoms with E-state index in [-0.39, 0.29) is 17.4 Å². The fourth-order valence-electron chi connectivity index (χ4n) is 2.07. The van der Waals surface area contributed by atoms with E-state index < -0.39 is 6.10 Å². The van der Waals surface area contributed by atoms with E-state index in [0.717, 1.165) is 0 Å². The minimum absolute atomic E-state index is 0.280.